The van der Waals surface area contributed by atoms with Crippen LogP contribution in [-0.2, 0) is 14.8 Å². The van der Waals surface area contributed by atoms with Gasteiger partial charge in [-0.25, -0.2) is 18.1 Å². The molecule has 1 rings (SSSR count). The third kappa shape index (κ3) is 5.61. The molecule has 0 aliphatic rings. The quantitative estimate of drug-likeness (QED) is 0.727. The third-order valence-corrected chi connectivity index (χ3v) is 4.54. The maximum absolute atomic E-state index is 12.4. The molecule has 0 saturated carbocycles. The van der Waals surface area contributed by atoms with Crippen LogP contribution >= 0.6 is 0 Å². The summed E-state index contributed by atoms with van der Waals surface area (Å²) < 4.78 is 32.6. The standard InChI is InChI=1S/C14H25N3O3S/c1-5-7-15-14-9-12(6-8-16-14)21(18,19)17-13(10-20-4)11(2)3/h6,8-9,11,13,17H,5,7,10H2,1-4H3,(H,15,16). The molecule has 7 heteroatoms. The number of sulfonamides is 1. The molecular formula is C14H25N3O3S. The summed E-state index contributed by atoms with van der Waals surface area (Å²) in [5, 5.41) is 3.08. The zero-order valence-electron chi connectivity index (χ0n) is 13.1. The van der Waals surface area contributed by atoms with Crippen LogP contribution in [-0.4, -0.2) is 39.7 Å². The summed E-state index contributed by atoms with van der Waals surface area (Å²) in [5.41, 5.74) is 0. The summed E-state index contributed by atoms with van der Waals surface area (Å²) in [6.45, 7) is 7.03. The van der Waals surface area contributed by atoms with Crippen molar-refractivity contribution in [1.82, 2.24) is 9.71 Å². The summed E-state index contributed by atoms with van der Waals surface area (Å²) in [7, 11) is -2.03. The van der Waals surface area contributed by atoms with Crippen LogP contribution in [0.2, 0.25) is 0 Å². The van der Waals surface area contributed by atoms with E-state index in [1.54, 1.807) is 13.2 Å². The smallest absolute Gasteiger partial charge is 0.241 e. The maximum atomic E-state index is 12.4. The largest absolute Gasteiger partial charge is 0.383 e. The van der Waals surface area contributed by atoms with Crippen molar-refractivity contribution >= 4 is 15.8 Å². The summed E-state index contributed by atoms with van der Waals surface area (Å²) in [5.74, 6) is 0.701. The van der Waals surface area contributed by atoms with E-state index in [-0.39, 0.29) is 16.9 Å². The van der Waals surface area contributed by atoms with Gasteiger partial charge >= 0.3 is 0 Å². The molecule has 0 aliphatic heterocycles. The number of pyridine rings is 1. The van der Waals surface area contributed by atoms with Crippen LogP contribution in [0.25, 0.3) is 0 Å². The number of hydrogen-bond acceptors (Lipinski definition) is 5. The van der Waals surface area contributed by atoms with E-state index in [0.717, 1.165) is 13.0 Å². The lowest BCUT2D eigenvalue weighted by molar-refractivity contribution is 0.157. The number of nitrogens with zero attached hydrogens (tertiary/aromatic N) is 1. The van der Waals surface area contributed by atoms with Crippen molar-refractivity contribution in [2.45, 2.75) is 38.1 Å². The number of anilines is 1. The highest BCUT2D eigenvalue weighted by molar-refractivity contribution is 7.89. The molecule has 1 aromatic heterocycles. The van der Waals surface area contributed by atoms with Crippen molar-refractivity contribution in [2.24, 2.45) is 5.92 Å². The molecule has 0 amide bonds. The molecule has 120 valence electrons. The minimum atomic E-state index is -3.58. The molecule has 21 heavy (non-hydrogen) atoms. The second-order valence-corrected chi connectivity index (χ2v) is 6.94. The summed E-state index contributed by atoms with van der Waals surface area (Å²) >= 11 is 0. The molecule has 0 saturated heterocycles. The number of rotatable bonds is 9. The number of hydrogen-bond donors (Lipinski definition) is 2. The van der Waals surface area contributed by atoms with Gasteiger partial charge in [-0.05, 0) is 18.4 Å². The van der Waals surface area contributed by atoms with Gasteiger partial charge in [0.1, 0.15) is 5.82 Å². The fraction of sp³-hybridized carbons (Fsp3) is 0.643. The normalized spacial score (nSPS) is 13.4. The first kappa shape index (κ1) is 17.9. The van der Waals surface area contributed by atoms with E-state index in [1.165, 1.54) is 12.3 Å². The lowest BCUT2D eigenvalue weighted by atomic mass is 10.1. The van der Waals surface area contributed by atoms with E-state index in [2.05, 4.69) is 15.0 Å². The molecule has 0 aromatic carbocycles. The Hall–Kier alpha value is -1.18. The number of ether oxygens (including phenoxy) is 1. The Balaban J connectivity index is 2.91. The van der Waals surface area contributed by atoms with Gasteiger partial charge in [0.15, 0.2) is 0 Å². The second-order valence-electron chi connectivity index (χ2n) is 5.23. The lowest BCUT2D eigenvalue weighted by Gasteiger charge is -2.21. The molecule has 6 nitrogen and oxygen atoms in total. The van der Waals surface area contributed by atoms with Crippen LogP contribution in [0.15, 0.2) is 23.2 Å². The Labute approximate surface area is 127 Å². The SMILES string of the molecule is CCCNc1cc(S(=O)(=O)NC(COC)C(C)C)ccn1. The molecule has 0 spiro atoms. The van der Waals surface area contributed by atoms with Gasteiger partial charge in [0, 0.05) is 32.0 Å². The first-order valence-corrected chi connectivity index (χ1v) is 8.60. The van der Waals surface area contributed by atoms with Crippen molar-refractivity contribution < 1.29 is 13.2 Å². The van der Waals surface area contributed by atoms with Crippen LogP contribution in [0.5, 0.6) is 0 Å². The van der Waals surface area contributed by atoms with Gasteiger partial charge < -0.3 is 10.1 Å². The van der Waals surface area contributed by atoms with Gasteiger partial charge in [-0.2, -0.15) is 0 Å². The molecule has 0 aliphatic carbocycles. The Morgan fingerprint density at radius 2 is 2.10 bits per heavy atom. The van der Waals surface area contributed by atoms with Crippen LogP contribution in [0, 0.1) is 5.92 Å². The van der Waals surface area contributed by atoms with Gasteiger partial charge in [0.2, 0.25) is 10.0 Å². The first-order chi connectivity index (χ1) is 9.90. The molecule has 1 heterocycles. The maximum Gasteiger partial charge on any atom is 0.241 e. The van der Waals surface area contributed by atoms with Gasteiger partial charge in [0.25, 0.3) is 0 Å². The van der Waals surface area contributed by atoms with Crippen molar-refractivity contribution in [3.8, 4) is 0 Å². The number of aromatic nitrogens is 1. The van der Waals surface area contributed by atoms with Gasteiger partial charge in [0.05, 0.1) is 11.5 Å². The topological polar surface area (TPSA) is 80.3 Å². The van der Waals surface area contributed by atoms with Gasteiger partial charge in [-0.3, -0.25) is 0 Å². The summed E-state index contributed by atoms with van der Waals surface area (Å²) in [6.07, 6.45) is 2.44. The molecular weight excluding hydrogens is 290 g/mol. The third-order valence-electron chi connectivity index (χ3n) is 3.06. The fourth-order valence-electron chi connectivity index (χ4n) is 1.74. The minimum absolute atomic E-state index is 0.138. The van der Waals surface area contributed by atoms with Crippen molar-refractivity contribution in [2.75, 3.05) is 25.6 Å². The highest BCUT2D eigenvalue weighted by Gasteiger charge is 2.22. The van der Waals surface area contributed by atoms with E-state index >= 15 is 0 Å². The fourth-order valence-corrected chi connectivity index (χ4v) is 3.12. The minimum Gasteiger partial charge on any atom is -0.383 e. The van der Waals surface area contributed by atoms with Crippen LogP contribution in [0.3, 0.4) is 0 Å². The molecule has 1 unspecified atom stereocenters. The van der Waals surface area contributed by atoms with Crippen molar-refractivity contribution in [1.29, 1.82) is 0 Å². The first-order valence-electron chi connectivity index (χ1n) is 7.12. The van der Waals surface area contributed by atoms with Gasteiger partial charge in [-0.15, -0.1) is 0 Å². The summed E-state index contributed by atoms with van der Waals surface area (Å²) in [4.78, 5) is 4.32. The van der Waals surface area contributed by atoms with Gasteiger partial charge in [-0.1, -0.05) is 20.8 Å². The monoisotopic (exact) mass is 315 g/mol. The van der Waals surface area contributed by atoms with E-state index in [1.807, 2.05) is 20.8 Å². The van der Waals surface area contributed by atoms with Crippen molar-refractivity contribution in [3.05, 3.63) is 18.3 Å². The van der Waals surface area contributed by atoms with E-state index in [0.29, 0.717) is 12.4 Å². The Morgan fingerprint density at radius 3 is 2.67 bits per heavy atom. The molecule has 0 bridgehead atoms. The summed E-state index contributed by atoms with van der Waals surface area (Å²) in [6, 6.07) is 2.77. The van der Waals surface area contributed by atoms with E-state index < -0.39 is 10.0 Å². The average Bonchev–Trinajstić information content (AvgIpc) is 2.44. The highest BCUT2D eigenvalue weighted by Crippen LogP contribution is 2.15. The van der Waals surface area contributed by atoms with Crippen LogP contribution in [0.1, 0.15) is 27.2 Å². The van der Waals surface area contributed by atoms with Crippen LogP contribution in [0.4, 0.5) is 5.82 Å². The average molecular weight is 315 g/mol. The Bertz CT molecular complexity index is 532. The number of methoxy groups -OCH3 is 1. The van der Waals surface area contributed by atoms with E-state index in [4.69, 9.17) is 4.74 Å². The zero-order chi connectivity index (χ0) is 15.9. The molecule has 0 fully saturated rings. The predicted molar refractivity (Wildman–Crippen MR) is 83.8 cm³/mol. The highest BCUT2D eigenvalue weighted by atomic mass is 32.2. The Kier molecular flexibility index (Phi) is 7.07. The number of nitrogens with one attached hydrogen (secondary N) is 2. The Morgan fingerprint density at radius 1 is 1.38 bits per heavy atom. The second kappa shape index (κ2) is 8.31. The molecule has 2 N–H and O–H groups in total. The van der Waals surface area contributed by atoms with Crippen LogP contribution < -0.4 is 10.0 Å². The molecule has 1 aromatic rings. The van der Waals surface area contributed by atoms with Crippen molar-refractivity contribution in [3.63, 3.8) is 0 Å². The molecule has 1 atom stereocenters. The van der Waals surface area contributed by atoms with E-state index in [9.17, 15) is 8.42 Å². The lowest BCUT2D eigenvalue weighted by Crippen LogP contribution is -2.41. The predicted octanol–water partition coefficient (Wildman–Crippen LogP) is 1.85. The molecule has 0 radical (unpaired) electrons. The zero-order valence-corrected chi connectivity index (χ0v) is 13.9.